The van der Waals surface area contributed by atoms with Crippen molar-refractivity contribution in [2.75, 3.05) is 13.2 Å². The second kappa shape index (κ2) is 11.3. The molecule has 186 valence electrons. The van der Waals surface area contributed by atoms with Gasteiger partial charge in [-0.3, -0.25) is 14.4 Å². The number of nitrogens with zero attached hydrogens (tertiary/aromatic N) is 2. The normalized spacial score (nSPS) is 17.6. The number of carbonyl (C=O) groups is 3. The van der Waals surface area contributed by atoms with E-state index in [-0.39, 0.29) is 25.6 Å². The summed E-state index contributed by atoms with van der Waals surface area (Å²) in [6, 6.07) is 20.8. The molecule has 3 aromatic rings. The van der Waals surface area contributed by atoms with Gasteiger partial charge >= 0.3 is 5.97 Å². The lowest BCUT2D eigenvalue weighted by molar-refractivity contribution is -0.172. The molecule has 1 saturated heterocycles. The smallest absolute Gasteiger partial charge is 0.323 e. The molecule has 1 aliphatic heterocycles. The van der Waals surface area contributed by atoms with Crippen LogP contribution in [0.25, 0.3) is 0 Å². The molecule has 4 rings (SSSR count). The van der Waals surface area contributed by atoms with Crippen molar-refractivity contribution in [3.8, 4) is 0 Å². The summed E-state index contributed by atoms with van der Waals surface area (Å²) in [5.74, 6) is -2.65. The quantitative estimate of drug-likeness (QED) is 0.494. The summed E-state index contributed by atoms with van der Waals surface area (Å²) in [4.78, 5) is 41.0. The Morgan fingerprint density at radius 2 is 1.75 bits per heavy atom. The summed E-state index contributed by atoms with van der Waals surface area (Å²) >= 11 is 6.14. The molecule has 0 aliphatic carbocycles. The van der Waals surface area contributed by atoms with Gasteiger partial charge in [0.1, 0.15) is 19.0 Å². The molecule has 0 radical (unpaired) electrons. The van der Waals surface area contributed by atoms with Crippen LogP contribution in [-0.2, 0) is 32.2 Å². The molecule has 2 atom stereocenters. The first-order valence-electron chi connectivity index (χ1n) is 11.3. The van der Waals surface area contributed by atoms with Crippen LogP contribution in [0.3, 0.4) is 0 Å². The maximum atomic E-state index is 13.8. The number of rotatable bonds is 8. The maximum absolute atomic E-state index is 13.8. The van der Waals surface area contributed by atoms with Gasteiger partial charge in [0.2, 0.25) is 5.91 Å². The van der Waals surface area contributed by atoms with Gasteiger partial charge in [-0.1, -0.05) is 66.2 Å². The zero-order valence-corrected chi connectivity index (χ0v) is 20.0. The van der Waals surface area contributed by atoms with Crippen molar-refractivity contribution in [2.45, 2.75) is 25.2 Å². The summed E-state index contributed by atoms with van der Waals surface area (Å²) in [5.41, 5.74) is 1.86. The zero-order chi connectivity index (χ0) is 25.7. The highest BCUT2D eigenvalue weighted by atomic mass is 35.5. The number of morpholine rings is 1. The van der Waals surface area contributed by atoms with Gasteiger partial charge in [-0.05, 0) is 41.0 Å². The van der Waals surface area contributed by atoms with Crippen LogP contribution in [0.4, 0.5) is 4.39 Å². The summed E-state index contributed by atoms with van der Waals surface area (Å²) in [6.07, 6.45) is -1.17. The molecule has 2 amide bonds. The Hall–Kier alpha value is -3.75. The number of carboxylic acid groups (broad SMARTS) is 1. The van der Waals surface area contributed by atoms with E-state index in [4.69, 9.17) is 16.3 Å². The van der Waals surface area contributed by atoms with Crippen molar-refractivity contribution in [1.29, 1.82) is 0 Å². The summed E-state index contributed by atoms with van der Waals surface area (Å²) in [5, 5.41) is 9.99. The maximum Gasteiger partial charge on any atom is 0.323 e. The zero-order valence-electron chi connectivity index (χ0n) is 19.2. The molecule has 0 bridgehead atoms. The standard InChI is InChI=1S/C27H24ClFN2O5/c28-21-10-4-6-18(12-21)15-31-23(32)17-36-26(25(31)20-8-2-1-3-9-20)27(35)30(16-24(33)34)14-19-7-5-11-22(29)13-19/h1-13,25-26H,14-17H2,(H,33,34)/t25-,26-/m1/s1. The highest BCUT2D eigenvalue weighted by Gasteiger charge is 2.43. The summed E-state index contributed by atoms with van der Waals surface area (Å²) in [6.45, 7) is -0.915. The van der Waals surface area contributed by atoms with E-state index in [0.717, 1.165) is 10.5 Å². The first-order valence-corrected chi connectivity index (χ1v) is 11.6. The van der Waals surface area contributed by atoms with Gasteiger partial charge in [-0.15, -0.1) is 0 Å². The van der Waals surface area contributed by atoms with E-state index in [0.29, 0.717) is 16.1 Å². The third-order valence-corrected chi connectivity index (χ3v) is 6.09. The number of hydrogen-bond donors (Lipinski definition) is 1. The average molecular weight is 511 g/mol. The first kappa shape index (κ1) is 25.3. The molecule has 1 heterocycles. The van der Waals surface area contributed by atoms with Crippen LogP contribution >= 0.6 is 11.6 Å². The van der Waals surface area contributed by atoms with E-state index in [9.17, 15) is 23.9 Å². The van der Waals surface area contributed by atoms with Crippen LogP contribution in [0, 0.1) is 5.82 Å². The fraction of sp³-hybridized carbons (Fsp3) is 0.222. The minimum atomic E-state index is -1.22. The summed E-state index contributed by atoms with van der Waals surface area (Å²) in [7, 11) is 0. The predicted octanol–water partition coefficient (Wildman–Crippen LogP) is 4.06. The first-order chi connectivity index (χ1) is 17.3. The minimum absolute atomic E-state index is 0.132. The van der Waals surface area contributed by atoms with Crippen LogP contribution in [0.5, 0.6) is 0 Å². The SMILES string of the molecule is O=C(O)CN(Cc1cccc(F)c1)C(=O)[C@@H]1OCC(=O)N(Cc2cccc(Cl)c2)[C@@H]1c1ccccc1. The van der Waals surface area contributed by atoms with Crippen molar-refractivity contribution in [1.82, 2.24) is 9.80 Å². The van der Waals surface area contributed by atoms with Gasteiger partial charge in [0.15, 0.2) is 6.10 Å². The lowest BCUT2D eigenvalue weighted by Crippen LogP contribution is -2.55. The number of carboxylic acids is 1. The monoisotopic (exact) mass is 510 g/mol. The van der Waals surface area contributed by atoms with Crippen molar-refractivity contribution in [3.05, 3.63) is 106 Å². The van der Waals surface area contributed by atoms with Crippen molar-refractivity contribution in [2.24, 2.45) is 0 Å². The van der Waals surface area contributed by atoms with Gasteiger partial charge in [-0.2, -0.15) is 0 Å². The van der Waals surface area contributed by atoms with Gasteiger partial charge in [-0.25, -0.2) is 4.39 Å². The third kappa shape index (κ3) is 6.08. The van der Waals surface area contributed by atoms with Gasteiger partial charge in [0.25, 0.3) is 5.91 Å². The number of halogens is 2. The van der Waals surface area contributed by atoms with E-state index in [1.807, 2.05) is 12.1 Å². The Bertz CT molecular complexity index is 1260. The molecular weight excluding hydrogens is 487 g/mol. The Morgan fingerprint density at radius 1 is 1.03 bits per heavy atom. The minimum Gasteiger partial charge on any atom is -0.480 e. The molecule has 0 unspecified atom stereocenters. The van der Waals surface area contributed by atoms with E-state index < -0.39 is 36.4 Å². The highest BCUT2D eigenvalue weighted by molar-refractivity contribution is 6.30. The van der Waals surface area contributed by atoms with E-state index in [1.54, 1.807) is 53.4 Å². The third-order valence-electron chi connectivity index (χ3n) is 5.86. The highest BCUT2D eigenvalue weighted by Crippen LogP contribution is 2.33. The number of ether oxygens (including phenoxy) is 1. The van der Waals surface area contributed by atoms with E-state index >= 15 is 0 Å². The molecule has 1 N–H and O–H groups in total. The van der Waals surface area contributed by atoms with Gasteiger partial charge in [0.05, 0.1) is 6.04 Å². The second-order valence-corrected chi connectivity index (χ2v) is 8.89. The molecule has 0 saturated carbocycles. The van der Waals surface area contributed by atoms with Crippen LogP contribution in [-0.4, -0.2) is 51.9 Å². The van der Waals surface area contributed by atoms with Crippen LogP contribution in [0.1, 0.15) is 22.7 Å². The predicted molar refractivity (Wildman–Crippen MR) is 130 cm³/mol. The summed E-state index contributed by atoms with van der Waals surface area (Å²) < 4.78 is 19.5. The average Bonchev–Trinajstić information content (AvgIpc) is 2.85. The fourth-order valence-corrected chi connectivity index (χ4v) is 4.51. The Morgan fingerprint density at radius 3 is 2.44 bits per heavy atom. The second-order valence-electron chi connectivity index (χ2n) is 8.46. The Balaban J connectivity index is 1.69. The van der Waals surface area contributed by atoms with Gasteiger partial charge < -0.3 is 19.6 Å². The number of carbonyl (C=O) groups excluding carboxylic acids is 2. The molecule has 1 fully saturated rings. The van der Waals surface area contributed by atoms with Crippen LogP contribution in [0.15, 0.2) is 78.9 Å². The number of amides is 2. The molecule has 0 spiro atoms. The number of hydrogen-bond acceptors (Lipinski definition) is 4. The topological polar surface area (TPSA) is 87.1 Å². The van der Waals surface area contributed by atoms with E-state index in [2.05, 4.69) is 0 Å². The van der Waals surface area contributed by atoms with Crippen molar-refractivity contribution < 1.29 is 28.6 Å². The Kier molecular flexibility index (Phi) is 7.97. The largest absolute Gasteiger partial charge is 0.480 e. The lowest BCUT2D eigenvalue weighted by atomic mass is 9.95. The van der Waals surface area contributed by atoms with Gasteiger partial charge in [0, 0.05) is 18.1 Å². The number of benzene rings is 3. The fourth-order valence-electron chi connectivity index (χ4n) is 4.29. The Labute approximate surface area is 212 Å². The molecular formula is C27H24ClFN2O5. The molecule has 1 aliphatic rings. The van der Waals surface area contributed by atoms with Crippen molar-refractivity contribution in [3.63, 3.8) is 0 Å². The van der Waals surface area contributed by atoms with Crippen molar-refractivity contribution >= 4 is 29.4 Å². The van der Waals surface area contributed by atoms with Crippen LogP contribution < -0.4 is 0 Å². The molecule has 36 heavy (non-hydrogen) atoms. The van der Waals surface area contributed by atoms with Crippen LogP contribution in [0.2, 0.25) is 5.02 Å². The van der Waals surface area contributed by atoms with E-state index in [1.165, 1.54) is 18.2 Å². The number of aliphatic carboxylic acids is 1. The molecule has 3 aromatic carbocycles. The molecule has 7 nitrogen and oxygen atoms in total. The molecule has 9 heteroatoms. The lowest BCUT2D eigenvalue weighted by Gasteiger charge is -2.42. The molecule has 0 aromatic heterocycles.